The van der Waals surface area contributed by atoms with Gasteiger partial charge in [0.2, 0.25) is 0 Å². The lowest BCUT2D eigenvalue weighted by Crippen LogP contribution is -2.31. The molecule has 0 radical (unpaired) electrons. The Bertz CT molecular complexity index is 189. The fourth-order valence-electron chi connectivity index (χ4n) is 1.04. The van der Waals surface area contributed by atoms with Crippen LogP contribution in [-0.4, -0.2) is 12.1 Å². The Morgan fingerprint density at radius 1 is 1.38 bits per heavy atom. The second-order valence-corrected chi connectivity index (χ2v) is 4.50. The maximum Gasteiger partial charge on any atom is 0.330 e. The SMILES string of the molecule is C=CC(=O)OC(C)C(C)C(C)(C)C. The summed E-state index contributed by atoms with van der Waals surface area (Å²) in [5.74, 6) is -0.0139. The van der Waals surface area contributed by atoms with Crippen molar-refractivity contribution >= 4 is 5.97 Å². The molecule has 2 nitrogen and oxygen atoms in total. The number of esters is 1. The van der Waals surface area contributed by atoms with Crippen molar-refractivity contribution in [1.82, 2.24) is 0 Å². The summed E-state index contributed by atoms with van der Waals surface area (Å²) in [6, 6.07) is 0. The molecule has 0 saturated carbocycles. The number of rotatable bonds is 3. The highest BCUT2D eigenvalue weighted by Gasteiger charge is 2.27. The maximum atomic E-state index is 10.9. The van der Waals surface area contributed by atoms with E-state index in [0.717, 1.165) is 0 Å². The van der Waals surface area contributed by atoms with Crippen molar-refractivity contribution in [3.8, 4) is 0 Å². The maximum absolute atomic E-state index is 10.9. The van der Waals surface area contributed by atoms with Crippen molar-refractivity contribution in [2.75, 3.05) is 0 Å². The molecule has 0 aromatic heterocycles. The van der Waals surface area contributed by atoms with E-state index in [1.165, 1.54) is 6.08 Å². The first-order valence-electron chi connectivity index (χ1n) is 4.62. The van der Waals surface area contributed by atoms with Gasteiger partial charge in [0.1, 0.15) is 6.10 Å². The molecule has 0 aromatic carbocycles. The van der Waals surface area contributed by atoms with Crippen LogP contribution in [0.25, 0.3) is 0 Å². The second-order valence-electron chi connectivity index (χ2n) is 4.50. The third-order valence-electron chi connectivity index (χ3n) is 2.54. The molecule has 2 atom stereocenters. The van der Waals surface area contributed by atoms with Crippen molar-refractivity contribution < 1.29 is 9.53 Å². The average molecular weight is 184 g/mol. The topological polar surface area (TPSA) is 26.3 Å². The van der Waals surface area contributed by atoms with Crippen LogP contribution in [0, 0.1) is 11.3 Å². The Morgan fingerprint density at radius 3 is 2.15 bits per heavy atom. The molecule has 0 bridgehead atoms. The lowest BCUT2D eigenvalue weighted by Gasteiger charge is -2.31. The van der Waals surface area contributed by atoms with Gasteiger partial charge < -0.3 is 4.74 Å². The van der Waals surface area contributed by atoms with Crippen LogP contribution in [0.1, 0.15) is 34.6 Å². The summed E-state index contributed by atoms with van der Waals surface area (Å²) in [6.07, 6.45) is 1.14. The smallest absolute Gasteiger partial charge is 0.330 e. The molecular formula is C11H20O2. The molecule has 13 heavy (non-hydrogen) atoms. The number of carbonyl (C=O) groups is 1. The fourth-order valence-corrected chi connectivity index (χ4v) is 1.04. The molecule has 2 heteroatoms. The second kappa shape index (κ2) is 4.45. The van der Waals surface area contributed by atoms with Crippen LogP contribution < -0.4 is 0 Å². The van der Waals surface area contributed by atoms with Crippen LogP contribution in [0.15, 0.2) is 12.7 Å². The van der Waals surface area contributed by atoms with E-state index in [1.807, 2.05) is 6.92 Å². The highest BCUT2D eigenvalue weighted by Crippen LogP contribution is 2.29. The normalized spacial score (nSPS) is 16.1. The summed E-state index contributed by atoms with van der Waals surface area (Å²) in [4.78, 5) is 10.9. The van der Waals surface area contributed by atoms with Crippen LogP contribution in [0.4, 0.5) is 0 Å². The van der Waals surface area contributed by atoms with Gasteiger partial charge in [0.25, 0.3) is 0 Å². The summed E-state index contributed by atoms with van der Waals surface area (Å²) < 4.78 is 5.13. The summed E-state index contributed by atoms with van der Waals surface area (Å²) in [7, 11) is 0. The first-order valence-corrected chi connectivity index (χ1v) is 4.62. The highest BCUT2D eigenvalue weighted by atomic mass is 16.5. The number of hydrogen-bond donors (Lipinski definition) is 0. The number of ether oxygens (including phenoxy) is 1. The number of hydrogen-bond acceptors (Lipinski definition) is 2. The Balaban J connectivity index is 4.19. The predicted molar refractivity (Wildman–Crippen MR) is 54.4 cm³/mol. The molecule has 0 aliphatic carbocycles. The minimum Gasteiger partial charge on any atom is -0.459 e. The summed E-state index contributed by atoms with van der Waals surface area (Å²) in [6.45, 7) is 13.8. The Hall–Kier alpha value is -0.790. The van der Waals surface area contributed by atoms with E-state index in [2.05, 4.69) is 34.3 Å². The largest absolute Gasteiger partial charge is 0.459 e. The van der Waals surface area contributed by atoms with Crippen LogP contribution in [0.5, 0.6) is 0 Å². The predicted octanol–water partition coefficient (Wildman–Crippen LogP) is 2.79. The quantitative estimate of drug-likeness (QED) is 0.498. The summed E-state index contributed by atoms with van der Waals surface area (Å²) in [5.41, 5.74) is 0.154. The molecule has 76 valence electrons. The van der Waals surface area contributed by atoms with E-state index in [0.29, 0.717) is 5.92 Å². The van der Waals surface area contributed by atoms with Gasteiger partial charge >= 0.3 is 5.97 Å². The molecule has 0 spiro atoms. The Morgan fingerprint density at radius 2 is 1.85 bits per heavy atom. The van der Waals surface area contributed by atoms with Crippen molar-refractivity contribution in [2.45, 2.75) is 40.7 Å². The van der Waals surface area contributed by atoms with E-state index in [9.17, 15) is 4.79 Å². The molecule has 0 N–H and O–H groups in total. The molecule has 0 heterocycles. The van der Waals surface area contributed by atoms with Gasteiger partial charge in [0, 0.05) is 6.08 Å². The van der Waals surface area contributed by atoms with Crippen molar-refractivity contribution in [3.05, 3.63) is 12.7 Å². The molecule has 0 aliphatic heterocycles. The lowest BCUT2D eigenvalue weighted by molar-refractivity contribution is -0.146. The Labute approximate surface area is 81.0 Å². The van der Waals surface area contributed by atoms with Gasteiger partial charge in [-0.1, -0.05) is 34.3 Å². The van der Waals surface area contributed by atoms with Gasteiger partial charge in [-0.3, -0.25) is 0 Å². The van der Waals surface area contributed by atoms with E-state index in [4.69, 9.17) is 4.74 Å². The first-order chi connectivity index (χ1) is 5.79. The minimum absolute atomic E-state index is 0.0644. The summed E-state index contributed by atoms with van der Waals surface area (Å²) in [5, 5.41) is 0. The average Bonchev–Trinajstić information content (AvgIpc) is 2.01. The zero-order valence-corrected chi connectivity index (χ0v) is 9.26. The molecule has 0 aliphatic rings. The van der Waals surface area contributed by atoms with Crippen LogP contribution in [0.2, 0.25) is 0 Å². The van der Waals surface area contributed by atoms with Crippen LogP contribution >= 0.6 is 0 Å². The van der Waals surface area contributed by atoms with E-state index >= 15 is 0 Å². The lowest BCUT2D eigenvalue weighted by atomic mass is 9.79. The van der Waals surface area contributed by atoms with Crippen molar-refractivity contribution in [3.63, 3.8) is 0 Å². The third-order valence-corrected chi connectivity index (χ3v) is 2.54. The zero-order chi connectivity index (χ0) is 10.6. The molecular weight excluding hydrogens is 164 g/mol. The van der Waals surface area contributed by atoms with Crippen LogP contribution in [-0.2, 0) is 9.53 Å². The molecule has 0 amide bonds. The van der Waals surface area contributed by atoms with Gasteiger partial charge in [0.15, 0.2) is 0 Å². The van der Waals surface area contributed by atoms with Gasteiger partial charge in [0.05, 0.1) is 0 Å². The van der Waals surface area contributed by atoms with E-state index in [-0.39, 0.29) is 17.5 Å². The number of carbonyl (C=O) groups excluding carboxylic acids is 1. The van der Waals surface area contributed by atoms with Gasteiger partial charge in [-0.15, -0.1) is 0 Å². The van der Waals surface area contributed by atoms with Crippen molar-refractivity contribution in [2.24, 2.45) is 11.3 Å². The van der Waals surface area contributed by atoms with Gasteiger partial charge in [-0.2, -0.15) is 0 Å². The minimum atomic E-state index is -0.344. The van der Waals surface area contributed by atoms with Gasteiger partial charge in [-0.25, -0.2) is 4.79 Å². The van der Waals surface area contributed by atoms with E-state index in [1.54, 1.807) is 0 Å². The monoisotopic (exact) mass is 184 g/mol. The highest BCUT2D eigenvalue weighted by molar-refractivity contribution is 5.81. The fraction of sp³-hybridized carbons (Fsp3) is 0.727. The molecule has 2 unspecified atom stereocenters. The standard InChI is InChI=1S/C11H20O2/c1-7-10(12)13-9(3)8(2)11(4,5)6/h7-9H,1H2,2-6H3. The Kier molecular flexibility index (Phi) is 4.18. The third kappa shape index (κ3) is 4.11. The van der Waals surface area contributed by atoms with E-state index < -0.39 is 0 Å². The summed E-state index contributed by atoms with van der Waals surface area (Å²) >= 11 is 0. The zero-order valence-electron chi connectivity index (χ0n) is 9.26. The van der Waals surface area contributed by atoms with Crippen molar-refractivity contribution in [1.29, 1.82) is 0 Å². The molecule has 0 rings (SSSR count). The van der Waals surface area contributed by atoms with Crippen LogP contribution in [0.3, 0.4) is 0 Å². The molecule has 0 fully saturated rings. The molecule has 0 saturated heterocycles. The van der Waals surface area contributed by atoms with Gasteiger partial charge in [-0.05, 0) is 18.3 Å². The molecule has 0 aromatic rings. The first kappa shape index (κ1) is 12.2.